The molecule has 2 aliphatic rings. The number of rotatable bonds is 11. The number of hydrogen-bond acceptors (Lipinski definition) is 4. The van der Waals surface area contributed by atoms with Crippen molar-refractivity contribution in [2.24, 2.45) is 11.8 Å². The van der Waals surface area contributed by atoms with E-state index in [1.807, 2.05) is 68.5 Å². The van der Waals surface area contributed by atoms with E-state index >= 15 is 0 Å². The van der Waals surface area contributed by atoms with Gasteiger partial charge in [0.15, 0.2) is 0 Å². The molecular weight excluding hydrogens is 514 g/mol. The third-order valence-corrected chi connectivity index (χ3v) is 7.94. The number of hydrogen-bond donors (Lipinski definition) is 1. The van der Waals surface area contributed by atoms with Crippen molar-refractivity contribution in [2.45, 2.75) is 64.6 Å². The standard InChI is InChI=1S/C31H36ClN3O4/c1-3-21(2)33-29(37)27(19-22-9-5-4-6-10-22)35(20-23-13-15-24(32)16-14-23)28(36)17-18-34-30(38)25-11-7-8-12-26(25)31(34)39/h4-10,13-16,21,25-27H,3,11-12,17-20H2,1-2H3,(H,33,37)/t21?,25-,26+,27?. The van der Waals surface area contributed by atoms with E-state index < -0.39 is 6.04 Å². The normalized spacial score (nSPS) is 19.9. The molecule has 39 heavy (non-hydrogen) atoms. The highest BCUT2D eigenvalue weighted by molar-refractivity contribution is 6.30. The minimum Gasteiger partial charge on any atom is -0.352 e. The molecule has 1 aliphatic carbocycles. The smallest absolute Gasteiger partial charge is 0.243 e. The van der Waals surface area contributed by atoms with Crippen LogP contribution in [0.2, 0.25) is 5.02 Å². The lowest BCUT2D eigenvalue weighted by Crippen LogP contribution is -2.52. The zero-order valence-corrected chi connectivity index (χ0v) is 23.3. The molecule has 0 spiro atoms. The Balaban J connectivity index is 1.58. The van der Waals surface area contributed by atoms with Crippen molar-refractivity contribution in [1.29, 1.82) is 0 Å². The zero-order valence-electron chi connectivity index (χ0n) is 22.5. The van der Waals surface area contributed by atoms with Gasteiger partial charge in [0.2, 0.25) is 23.6 Å². The summed E-state index contributed by atoms with van der Waals surface area (Å²) in [6, 6.07) is 15.9. The fourth-order valence-corrected chi connectivity index (χ4v) is 5.35. The van der Waals surface area contributed by atoms with Gasteiger partial charge in [-0.2, -0.15) is 0 Å². The van der Waals surface area contributed by atoms with Crippen molar-refractivity contribution in [3.8, 4) is 0 Å². The van der Waals surface area contributed by atoms with E-state index in [4.69, 9.17) is 11.6 Å². The lowest BCUT2D eigenvalue weighted by atomic mass is 9.85. The molecule has 206 valence electrons. The highest BCUT2D eigenvalue weighted by atomic mass is 35.5. The molecule has 1 saturated heterocycles. The molecule has 1 heterocycles. The number of halogens is 1. The van der Waals surface area contributed by atoms with Gasteiger partial charge in [0.1, 0.15) is 6.04 Å². The molecule has 2 aromatic carbocycles. The number of carbonyl (C=O) groups excluding carboxylic acids is 4. The lowest BCUT2D eigenvalue weighted by Gasteiger charge is -2.33. The molecule has 1 N–H and O–H groups in total. The Kier molecular flexibility index (Phi) is 9.57. The Bertz CT molecular complexity index is 1190. The SMILES string of the molecule is CCC(C)NC(=O)C(Cc1ccccc1)N(Cc1ccc(Cl)cc1)C(=O)CCN1C(=O)[C@H]2CC=CC[C@H]2C1=O. The van der Waals surface area contributed by atoms with Crippen molar-refractivity contribution in [1.82, 2.24) is 15.1 Å². The van der Waals surface area contributed by atoms with E-state index in [9.17, 15) is 19.2 Å². The second kappa shape index (κ2) is 13.1. The summed E-state index contributed by atoms with van der Waals surface area (Å²) in [6.07, 6.45) is 6.03. The van der Waals surface area contributed by atoms with Crippen molar-refractivity contribution < 1.29 is 19.2 Å². The van der Waals surface area contributed by atoms with Crippen LogP contribution in [-0.4, -0.2) is 52.1 Å². The number of likely N-dealkylation sites (tertiary alicyclic amines) is 1. The minimum absolute atomic E-state index is 0.00561. The maximum Gasteiger partial charge on any atom is 0.243 e. The topological polar surface area (TPSA) is 86.8 Å². The summed E-state index contributed by atoms with van der Waals surface area (Å²) in [5.74, 6) is -1.62. The molecule has 1 aliphatic heterocycles. The van der Waals surface area contributed by atoms with E-state index in [-0.39, 0.29) is 61.0 Å². The summed E-state index contributed by atoms with van der Waals surface area (Å²) in [5.41, 5.74) is 1.75. The predicted octanol–water partition coefficient (Wildman–Crippen LogP) is 4.54. The number of nitrogens with zero attached hydrogens (tertiary/aromatic N) is 2. The molecule has 0 saturated carbocycles. The summed E-state index contributed by atoms with van der Waals surface area (Å²) >= 11 is 6.09. The van der Waals surface area contributed by atoms with E-state index in [1.54, 1.807) is 17.0 Å². The van der Waals surface area contributed by atoms with Crippen LogP contribution in [0.3, 0.4) is 0 Å². The number of amides is 4. The van der Waals surface area contributed by atoms with Crippen LogP contribution >= 0.6 is 11.6 Å². The first-order valence-electron chi connectivity index (χ1n) is 13.7. The summed E-state index contributed by atoms with van der Waals surface area (Å²) in [4.78, 5) is 56.2. The Labute approximate surface area is 235 Å². The molecule has 7 nitrogen and oxygen atoms in total. The van der Waals surface area contributed by atoms with Gasteiger partial charge in [-0.3, -0.25) is 24.1 Å². The van der Waals surface area contributed by atoms with Gasteiger partial charge in [0, 0.05) is 37.0 Å². The van der Waals surface area contributed by atoms with Gasteiger partial charge >= 0.3 is 0 Å². The zero-order chi connectivity index (χ0) is 27.9. The van der Waals surface area contributed by atoms with Crippen LogP contribution < -0.4 is 5.32 Å². The van der Waals surface area contributed by atoms with Crippen LogP contribution in [0, 0.1) is 11.8 Å². The first-order valence-corrected chi connectivity index (χ1v) is 14.0. The summed E-state index contributed by atoms with van der Waals surface area (Å²) in [5, 5.41) is 3.62. The van der Waals surface area contributed by atoms with Gasteiger partial charge in [-0.05, 0) is 49.4 Å². The third kappa shape index (κ3) is 6.95. The number of fused-ring (bicyclic) bond motifs is 1. The fourth-order valence-electron chi connectivity index (χ4n) is 5.22. The number of allylic oxidation sites excluding steroid dienone is 2. The van der Waals surface area contributed by atoms with Crippen molar-refractivity contribution in [3.05, 3.63) is 82.9 Å². The van der Waals surface area contributed by atoms with Crippen LogP contribution in [0.4, 0.5) is 0 Å². The van der Waals surface area contributed by atoms with Gasteiger partial charge < -0.3 is 10.2 Å². The monoisotopic (exact) mass is 549 g/mol. The first kappa shape index (κ1) is 28.6. The number of benzene rings is 2. The average molecular weight is 550 g/mol. The molecule has 2 aromatic rings. The molecular formula is C31H36ClN3O4. The second-order valence-corrected chi connectivity index (χ2v) is 10.8. The number of carbonyl (C=O) groups is 4. The van der Waals surface area contributed by atoms with Crippen LogP contribution in [0.25, 0.3) is 0 Å². The van der Waals surface area contributed by atoms with Crippen molar-refractivity contribution in [3.63, 3.8) is 0 Å². The predicted molar refractivity (Wildman–Crippen MR) is 151 cm³/mol. The maximum atomic E-state index is 13.8. The van der Waals surface area contributed by atoms with Crippen molar-refractivity contribution in [2.75, 3.05) is 6.54 Å². The number of imide groups is 1. The summed E-state index contributed by atoms with van der Waals surface area (Å²) in [6.45, 7) is 4.12. The highest BCUT2D eigenvalue weighted by Crippen LogP contribution is 2.35. The lowest BCUT2D eigenvalue weighted by molar-refractivity contribution is -0.144. The molecule has 0 bridgehead atoms. The largest absolute Gasteiger partial charge is 0.352 e. The quantitative estimate of drug-likeness (QED) is 0.329. The van der Waals surface area contributed by atoms with Crippen LogP contribution in [0.15, 0.2) is 66.7 Å². The molecule has 4 amide bonds. The second-order valence-electron chi connectivity index (χ2n) is 10.4. The Morgan fingerprint density at radius 3 is 2.18 bits per heavy atom. The van der Waals surface area contributed by atoms with Gasteiger partial charge in [-0.25, -0.2) is 0 Å². The van der Waals surface area contributed by atoms with Gasteiger partial charge in [0.25, 0.3) is 0 Å². The molecule has 4 rings (SSSR count). The Morgan fingerprint density at radius 1 is 0.974 bits per heavy atom. The number of nitrogens with one attached hydrogen (secondary N) is 1. The van der Waals surface area contributed by atoms with E-state index in [2.05, 4.69) is 5.32 Å². The average Bonchev–Trinajstić information content (AvgIpc) is 3.19. The van der Waals surface area contributed by atoms with Gasteiger partial charge in [-0.15, -0.1) is 0 Å². The molecule has 4 atom stereocenters. The molecule has 1 fully saturated rings. The van der Waals surface area contributed by atoms with Gasteiger partial charge in [-0.1, -0.05) is 73.1 Å². The molecule has 0 aromatic heterocycles. The van der Waals surface area contributed by atoms with Crippen molar-refractivity contribution >= 4 is 35.2 Å². The van der Waals surface area contributed by atoms with Gasteiger partial charge in [0.05, 0.1) is 11.8 Å². The Hall–Kier alpha value is -3.45. The molecule has 0 radical (unpaired) electrons. The first-order chi connectivity index (χ1) is 18.8. The Morgan fingerprint density at radius 2 is 1.59 bits per heavy atom. The highest BCUT2D eigenvalue weighted by Gasteiger charge is 2.47. The maximum absolute atomic E-state index is 13.8. The van der Waals surface area contributed by atoms with E-state index in [0.29, 0.717) is 24.3 Å². The summed E-state index contributed by atoms with van der Waals surface area (Å²) < 4.78 is 0. The van der Waals surface area contributed by atoms with E-state index in [0.717, 1.165) is 17.5 Å². The van der Waals surface area contributed by atoms with Crippen LogP contribution in [-0.2, 0) is 32.1 Å². The van der Waals surface area contributed by atoms with Crippen LogP contribution in [0.5, 0.6) is 0 Å². The summed E-state index contributed by atoms with van der Waals surface area (Å²) in [7, 11) is 0. The molecule has 8 heteroatoms. The van der Waals surface area contributed by atoms with Crippen LogP contribution in [0.1, 0.15) is 50.7 Å². The van der Waals surface area contributed by atoms with E-state index in [1.165, 1.54) is 4.90 Å². The fraction of sp³-hybridized carbons (Fsp3) is 0.419. The molecule has 2 unspecified atom stereocenters. The minimum atomic E-state index is -0.777. The third-order valence-electron chi connectivity index (χ3n) is 7.69.